The van der Waals surface area contributed by atoms with E-state index < -0.39 is 0 Å². The highest BCUT2D eigenvalue weighted by Crippen LogP contribution is 2.01. The number of rotatable bonds is 11. The van der Waals surface area contributed by atoms with Crippen LogP contribution >= 0.6 is 11.8 Å². The first kappa shape index (κ1) is 16.9. The van der Waals surface area contributed by atoms with E-state index in [0.29, 0.717) is 12.5 Å². The molecule has 0 aromatic rings. The van der Waals surface area contributed by atoms with Gasteiger partial charge in [-0.25, -0.2) is 0 Å². The first-order chi connectivity index (χ1) is 8.16. The van der Waals surface area contributed by atoms with Gasteiger partial charge < -0.3 is 10.4 Å². The Bertz CT molecular complexity index is 196. The number of hydrogen-bond acceptors (Lipinski definition) is 4. The predicted octanol–water partition coefficient (Wildman–Crippen LogP) is 2.20. The third-order valence-corrected chi connectivity index (χ3v) is 3.30. The summed E-state index contributed by atoms with van der Waals surface area (Å²) in [6.07, 6.45) is 2.27. The van der Waals surface area contributed by atoms with Crippen LogP contribution in [0, 0.1) is 5.92 Å². The van der Waals surface area contributed by atoms with Crippen LogP contribution in [-0.4, -0.2) is 48.6 Å². The first-order valence-corrected chi connectivity index (χ1v) is 7.71. The van der Waals surface area contributed by atoms with Gasteiger partial charge in [-0.3, -0.25) is 4.99 Å². The van der Waals surface area contributed by atoms with Crippen molar-refractivity contribution in [1.29, 1.82) is 0 Å². The molecule has 2 N–H and O–H groups in total. The summed E-state index contributed by atoms with van der Waals surface area (Å²) in [4.78, 5) is 4.53. The van der Waals surface area contributed by atoms with Crippen molar-refractivity contribution in [2.24, 2.45) is 10.9 Å². The predicted molar refractivity (Wildman–Crippen MR) is 79.3 cm³/mol. The number of thioether (sulfide) groups is 1. The number of hydrogen-bond donors (Lipinski definition) is 2. The van der Waals surface area contributed by atoms with Gasteiger partial charge in [0.15, 0.2) is 0 Å². The van der Waals surface area contributed by atoms with Crippen molar-refractivity contribution in [2.75, 3.05) is 37.7 Å². The van der Waals surface area contributed by atoms with E-state index in [2.05, 4.69) is 31.1 Å². The van der Waals surface area contributed by atoms with Gasteiger partial charge in [0, 0.05) is 18.0 Å². The van der Waals surface area contributed by atoms with Gasteiger partial charge in [-0.15, -0.1) is 0 Å². The zero-order valence-corrected chi connectivity index (χ0v) is 12.4. The molecule has 0 radical (unpaired) electrons. The molecule has 3 nitrogen and oxygen atoms in total. The third kappa shape index (κ3) is 13.9. The normalized spacial score (nSPS) is 12.4. The first-order valence-electron chi connectivity index (χ1n) is 6.56. The summed E-state index contributed by atoms with van der Waals surface area (Å²) in [7, 11) is 0. The van der Waals surface area contributed by atoms with Crippen LogP contribution in [0.15, 0.2) is 4.99 Å². The van der Waals surface area contributed by atoms with Gasteiger partial charge >= 0.3 is 0 Å². The second kappa shape index (κ2) is 12.4. The number of nitrogens with zero attached hydrogens (tertiary/aromatic N) is 1. The zero-order chi connectivity index (χ0) is 12.9. The van der Waals surface area contributed by atoms with Gasteiger partial charge in [-0.2, -0.15) is 11.8 Å². The highest BCUT2D eigenvalue weighted by atomic mass is 32.2. The molecule has 0 bridgehead atoms. The molecule has 0 heterocycles. The smallest absolute Gasteiger partial charge is 0.0521 e. The van der Waals surface area contributed by atoms with Crippen molar-refractivity contribution < 1.29 is 5.11 Å². The van der Waals surface area contributed by atoms with Crippen molar-refractivity contribution in [3.63, 3.8) is 0 Å². The van der Waals surface area contributed by atoms with Gasteiger partial charge in [-0.1, -0.05) is 13.8 Å². The molecule has 0 spiro atoms. The van der Waals surface area contributed by atoms with Gasteiger partial charge in [0.25, 0.3) is 0 Å². The van der Waals surface area contributed by atoms with Crippen LogP contribution in [-0.2, 0) is 0 Å². The molecule has 0 aromatic heterocycles. The van der Waals surface area contributed by atoms with E-state index in [-0.39, 0.29) is 0 Å². The van der Waals surface area contributed by atoms with Crippen LogP contribution in [0.4, 0.5) is 0 Å². The standard InChI is InChI=1S/C13H28N2OS/c1-12(2)11-13(3)15-7-6-14-5-4-9-17-10-8-16/h12,14,16H,4-11H2,1-3H3. The Kier molecular flexibility index (Phi) is 12.4. The van der Waals surface area contributed by atoms with Gasteiger partial charge in [0.1, 0.15) is 0 Å². The highest BCUT2D eigenvalue weighted by molar-refractivity contribution is 7.99. The third-order valence-electron chi connectivity index (χ3n) is 2.25. The molecule has 4 heteroatoms. The van der Waals surface area contributed by atoms with Crippen molar-refractivity contribution in [2.45, 2.75) is 33.6 Å². The summed E-state index contributed by atoms with van der Waals surface area (Å²) in [6.45, 7) is 9.77. The minimum absolute atomic E-state index is 0.294. The minimum Gasteiger partial charge on any atom is -0.396 e. The lowest BCUT2D eigenvalue weighted by molar-refractivity contribution is 0.322. The number of aliphatic hydroxyl groups is 1. The van der Waals surface area contributed by atoms with Crippen molar-refractivity contribution >= 4 is 17.5 Å². The summed E-state index contributed by atoms with van der Waals surface area (Å²) in [5.41, 5.74) is 1.26. The van der Waals surface area contributed by atoms with Crippen LogP contribution < -0.4 is 5.32 Å². The second-order valence-electron chi connectivity index (χ2n) is 4.65. The quantitative estimate of drug-likeness (QED) is 0.442. The van der Waals surface area contributed by atoms with Gasteiger partial charge in [-0.05, 0) is 38.0 Å². The molecule has 0 saturated carbocycles. The van der Waals surface area contributed by atoms with Crippen LogP contribution in [0.25, 0.3) is 0 Å². The largest absolute Gasteiger partial charge is 0.396 e. The van der Waals surface area contributed by atoms with Gasteiger partial charge in [0.2, 0.25) is 0 Å². The SMILES string of the molecule is CC(CC(C)C)=NCCNCCCSCCO. The maximum absolute atomic E-state index is 8.60. The van der Waals surface area contributed by atoms with Crippen LogP contribution in [0.2, 0.25) is 0 Å². The highest BCUT2D eigenvalue weighted by Gasteiger charge is 1.96. The van der Waals surface area contributed by atoms with Crippen LogP contribution in [0.3, 0.4) is 0 Å². The fraction of sp³-hybridized carbons (Fsp3) is 0.923. The van der Waals surface area contributed by atoms with Crippen molar-refractivity contribution in [3.8, 4) is 0 Å². The van der Waals surface area contributed by atoms with Crippen LogP contribution in [0.1, 0.15) is 33.6 Å². The monoisotopic (exact) mass is 260 g/mol. The van der Waals surface area contributed by atoms with E-state index in [0.717, 1.165) is 37.6 Å². The molecular weight excluding hydrogens is 232 g/mol. The molecule has 0 rings (SSSR count). The van der Waals surface area contributed by atoms with E-state index in [9.17, 15) is 0 Å². The summed E-state index contributed by atoms with van der Waals surface area (Å²) in [5.74, 6) is 2.69. The van der Waals surface area contributed by atoms with E-state index in [1.54, 1.807) is 0 Å². The van der Waals surface area contributed by atoms with Gasteiger partial charge in [0.05, 0.1) is 13.2 Å². The maximum Gasteiger partial charge on any atom is 0.0521 e. The van der Waals surface area contributed by atoms with E-state index >= 15 is 0 Å². The lowest BCUT2D eigenvalue weighted by Gasteiger charge is -2.05. The number of aliphatic hydroxyl groups excluding tert-OH is 1. The molecule has 0 aromatic carbocycles. The summed E-state index contributed by atoms with van der Waals surface area (Å²) >= 11 is 1.81. The summed E-state index contributed by atoms with van der Waals surface area (Å²) in [5, 5.41) is 12.0. The second-order valence-corrected chi connectivity index (χ2v) is 5.88. The molecule has 0 amide bonds. The molecule has 102 valence electrons. The molecule has 0 aliphatic heterocycles. The van der Waals surface area contributed by atoms with Crippen molar-refractivity contribution in [3.05, 3.63) is 0 Å². The zero-order valence-electron chi connectivity index (χ0n) is 11.5. The Hall–Kier alpha value is -0.0600. The molecule has 0 aliphatic carbocycles. The Morgan fingerprint density at radius 2 is 2.06 bits per heavy atom. The van der Waals surface area contributed by atoms with Crippen LogP contribution in [0.5, 0.6) is 0 Å². The topological polar surface area (TPSA) is 44.6 Å². The number of aliphatic imine (C=N–C) groups is 1. The Labute approximate surface area is 110 Å². The molecule has 0 saturated heterocycles. The molecule has 0 aliphatic rings. The lowest BCUT2D eigenvalue weighted by Crippen LogP contribution is -2.20. The summed E-state index contributed by atoms with van der Waals surface area (Å²) < 4.78 is 0. The molecule has 0 fully saturated rings. The fourth-order valence-corrected chi connectivity index (χ4v) is 2.25. The van der Waals surface area contributed by atoms with E-state index in [1.165, 1.54) is 12.1 Å². The Balaban J connectivity index is 3.22. The van der Waals surface area contributed by atoms with E-state index in [4.69, 9.17) is 5.11 Å². The number of nitrogens with one attached hydrogen (secondary N) is 1. The lowest BCUT2D eigenvalue weighted by atomic mass is 10.1. The van der Waals surface area contributed by atoms with Crippen molar-refractivity contribution in [1.82, 2.24) is 5.32 Å². The average molecular weight is 260 g/mol. The minimum atomic E-state index is 0.294. The van der Waals surface area contributed by atoms with E-state index in [1.807, 2.05) is 11.8 Å². The maximum atomic E-state index is 8.60. The molecule has 0 atom stereocenters. The Morgan fingerprint density at radius 1 is 1.29 bits per heavy atom. The Morgan fingerprint density at radius 3 is 2.71 bits per heavy atom. The summed E-state index contributed by atoms with van der Waals surface area (Å²) in [6, 6.07) is 0. The average Bonchev–Trinajstić information content (AvgIpc) is 2.26. The molecule has 17 heavy (non-hydrogen) atoms. The fourth-order valence-electron chi connectivity index (χ4n) is 1.57. The molecule has 0 unspecified atom stereocenters. The molecular formula is C13H28N2OS.